The van der Waals surface area contributed by atoms with Crippen LogP contribution in [0.3, 0.4) is 0 Å². The van der Waals surface area contributed by atoms with Gasteiger partial charge in [-0.2, -0.15) is 4.98 Å². The molecule has 1 aliphatic rings. The van der Waals surface area contributed by atoms with Gasteiger partial charge < -0.3 is 14.9 Å². The summed E-state index contributed by atoms with van der Waals surface area (Å²) in [5.74, 6) is 1.09. The van der Waals surface area contributed by atoms with Crippen LogP contribution >= 0.6 is 0 Å². The van der Waals surface area contributed by atoms with Gasteiger partial charge in [-0.1, -0.05) is 5.16 Å². The van der Waals surface area contributed by atoms with Crippen molar-refractivity contribution in [3.63, 3.8) is 0 Å². The Morgan fingerprint density at radius 2 is 2.00 bits per heavy atom. The van der Waals surface area contributed by atoms with Gasteiger partial charge in [0, 0.05) is 23.5 Å². The second-order valence-electron chi connectivity index (χ2n) is 4.95. The van der Waals surface area contributed by atoms with Crippen LogP contribution in [0, 0.1) is 13.8 Å². The molecule has 0 spiro atoms. The molecule has 2 aromatic rings. The van der Waals surface area contributed by atoms with Crippen LogP contribution in [0.2, 0.25) is 0 Å². The first-order valence-corrected chi connectivity index (χ1v) is 6.32. The molecule has 100 valence electrons. The van der Waals surface area contributed by atoms with E-state index >= 15 is 0 Å². The third-order valence-electron chi connectivity index (χ3n) is 3.19. The van der Waals surface area contributed by atoms with Crippen molar-refractivity contribution in [3.05, 3.63) is 29.4 Å². The van der Waals surface area contributed by atoms with E-state index in [0.717, 1.165) is 17.0 Å². The van der Waals surface area contributed by atoms with Crippen molar-refractivity contribution in [2.45, 2.75) is 32.4 Å². The molecule has 0 bridgehead atoms. The van der Waals surface area contributed by atoms with Gasteiger partial charge in [0.1, 0.15) is 0 Å². The fourth-order valence-electron chi connectivity index (χ4n) is 2.36. The molecule has 2 N–H and O–H groups in total. The Hall–Kier alpha value is -1.79. The van der Waals surface area contributed by atoms with Gasteiger partial charge >= 0.3 is 0 Å². The zero-order valence-corrected chi connectivity index (χ0v) is 10.9. The number of β-amino-alcohol motifs (C(OH)–C–C–N with tert-alkyl or cyclic N) is 1. The minimum atomic E-state index is -0.342. The fourth-order valence-corrected chi connectivity index (χ4v) is 2.36. The lowest BCUT2D eigenvalue weighted by Crippen LogP contribution is -2.15. The first kappa shape index (κ1) is 12.3. The van der Waals surface area contributed by atoms with Crippen LogP contribution in [0.4, 0.5) is 0 Å². The van der Waals surface area contributed by atoms with Crippen LogP contribution in [0.15, 0.2) is 16.7 Å². The minimum absolute atomic E-state index is 0.0553. The smallest absolute Gasteiger partial charge is 0.244 e. The standard InChI is InChI=1S/C13H16N4O2/c1-7-3-9(4-8(2)15-7)12-16-13(19-17-12)11-5-10(18)6-14-11/h3-4,10-11,14,18H,5-6H2,1-2H3/t10-,11-/m0/s1. The van der Waals surface area contributed by atoms with Crippen LogP contribution in [0.1, 0.15) is 29.7 Å². The number of pyridine rings is 1. The normalized spacial score (nSPS) is 22.9. The van der Waals surface area contributed by atoms with E-state index in [1.807, 2.05) is 26.0 Å². The number of aromatic nitrogens is 3. The average molecular weight is 260 g/mol. The van der Waals surface area contributed by atoms with E-state index in [9.17, 15) is 5.11 Å². The molecule has 0 aliphatic carbocycles. The summed E-state index contributed by atoms with van der Waals surface area (Å²) in [6.45, 7) is 4.44. The Balaban J connectivity index is 1.88. The highest BCUT2D eigenvalue weighted by atomic mass is 16.5. The molecule has 0 amide bonds. The topological polar surface area (TPSA) is 84.1 Å². The number of nitrogens with zero attached hydrogens (tertiary/aromatic N) is 3. The molecular weight excluding hydrogens is 244 g/mol. The van der Waals surface area contributed by atoms with Gasteiger partial charge in [-0.25, -0.2) is 0 Å². The number of hydrogen-bond acceptors (Lipinski definition) is 6. The molecule has 0 radical (unpaired) electrons. The van der Waals surface area contributed by atoms with Gasteiger partial charge in [-0.3, -0.25) is 4.98 Å². The zero-order chi connectivity index (χ0) is 13.4. The molecule has 6 heteroatoms. The van der Waals surface area contributed by atoms with Crippen molar-refractivity contribution in [1.29, 1.82) is 0 Å². The highest BCUT2D eigenvalue weighted by Gasteiger charge is 2.28. The van der Waals surface area contributed by atoms with E-state index in [1.165, 1.54) is 0 Å². The maximum atomic E-state index is 9.50. The molecule has 2 atom stereocenters. The molecule has 3 rings (SSSR count). The summed E-state index contributed by atoms with van der Waals surface area (Å²) >= 11 is 0. The Labute approximate surface area is 110 Å². The molecule has 2 aromatic heterocycles. The lowest BCUT2D eigenvalue weighted by molar-refractivity contribution is 0.191. The predicted molar refractivity (Wildman–Crippen MR) is 68.4 cm³/mol. The summed E-state index contributed by atoms with van der Waals surface area (Å²) in [6, 6.07) is 3.80. The van der Waals surface area contributed by atoms with E-state index in [4.69, 9.17) is 4.52 Å². The number of rotatable bonds is 2. The van der Waals surface area contributed by atoms with Gasteiger partial charge in [-0.15, -0.1) is 0 Å². The average Bonchev–Trinajstić information content (AvgIpc) is 2.95. The summed E-state index contributed by atoms with van der Waals surface area (Å²) in [5.41, 5.74) is 2.75. The van der Waals surface area contributed by atoms with Crippen molar-refractivity contribution in [3.8, 4) is 11.4 Å². The Kier molecular flexibility index (Phi) is 3.04. The largest absolute Gasteiger partial charge is 0.392 e. The lowest BCUT2D eigenvalue weighted by Gasteiger charge is -2.02. The van der Waals surface area contributed by atoms with Gasteiger partial charge in [0.2, 0.25) is 11.7 Å². The van der Waals surface area contributed by atoms with Gasteiger partial charge in [0.15, 0.2) is 0 Å². The summed E-state index contributed by atoms with van der Waals surface area (Å²) in [6.07, 6.45) is 0.265. The van der Waals surface area contributed by atoms with Crippen molar-refractivity contribution in [2.75, 3.05) is 6.54 Å². The van der Waals surface area contributed by atoms with Crippen molar-refractivity contribution >= 4 is 0 Å². The van der Waals surface area contributed by atoms with E-state index in [2.05, 4.69) is 20.4 Å². The second kappa shape index (κ2) is 4.71. The summed E-state index contributed by atoms with van der Waals surface area (Å²) < 4.78 is 5.28. The first-order valence-electron chi connectivity index (χ1n) is 6.32. The molecule has 0 unspecified atom stereocenters. The Morgan fingerprint density at radius 1 is 1.26 bits per heavy atom. The fraction of sp³-hybridized carbons (Fsp3) is 0.462. The number of hydrogen-bond donors (Lipinski definition) is 2. The minimum Gasteiger partial charge on any atom is -0.392 e. The third kappa shape index (κ3) is 2.50. The molecule has 1 aliphatic heterocycles. The number of nitrogens with one attached hydrogen (secondary N) is 1. The number of aliphatic hydroxyl groups excluding tert-OH is 1. The highest BCUT2D eigenvalue weighted by Crippen LogP contribution is 2.25. The maximum Gasteiger partial charge on any atom is 0.244 e. The van der Waals surface area contributed by atoms with Crippen molar-refractivity contribution in [1.82, 2.24) is 20.4 Å². The van der Waals surface area contributed by atoms with Crippen molar-refractivity contribution < 1.29 is 9.63 Å². The van der Waals surface area contributed by atoms with E-state index < -0.39 is 0 Å². The SMILES string of the molecule is Cc1cc(-c2noc([C@@H]3C[C@H](O)CN3)n2)cc(C)n1. The summed E-state index contributed by atoms with van der Waals surface area (Å²) in [7, 11) is 0. The molecule has 6 nitrogen and oxygen atoms in total. The summed E-state index contributed by atoms with van der Waals surface area (Å²) in [4.78, 5) is 8.72. The number of aryl methyl sites for hydroxylation is 2. The van der Waals surface area contributed by atoms with Gasteiger partial charge in [-0.05, 0) is 32.4 Å². The van der Waals surface area contributed by atoms with Crippen LogP contribution < -0.4 is 5.32 Å². The summed E-state index contributed by atoms with van der Waals surface area (Å²) in [5, 5.41) is 16.7. The monoisotopic (exact) mass is 260 g/mol. The van der Waals surface area contributed by atoms with Crippen LogP contribution in [-0.2, 0) is 0 Å². The lowest BCUT2D eigenvalue weighted by atomic mass is 10.2. The Morgan fingerprint density at radius 3 is 2.63 bits per heavy atom. The van der Waals surface area contributed by atoms with E-state index in [-0.39, 0.29) is 12.1 Å². The molecule has 1 saturated heterocycles. The van der Waals surface area contributed by atoms with Crippen LogP contribution in [0.5, 0.6) is 0 Å². The van der Waals surface area contributed by atoms with Gasteiger partial charge in [0.05, 0.1) is 12.1 Å². The van der Waals surface area contributed by atoms with E-state index in [1.54, 1.807) is 0 Å². The zero-order valence-electron chi connectivity index (χ0n) is 10.9. The molecule has 0 saturated carbocycles. The van der Waals surface area contributed by atoms with Crippen LogP contribution in [0.25, 0.3) is 11.4 Å². The van der Waals surface area contributed by atoms with Crippen LogP contribution in [-0.4, -0.2) is 32.9 Å². The quantitative estimate of drug-likeness (QED) is 0.842. The number of aliphatic hydroxyl groups is 1. The highest BCUT2D eigenvalue weighted by molar-refractivity contribution is 5.55. The van der Waals surface area contributed by atoms with Gasteiger partial charge in [0.25, 0.3) is 0 Å². The maximum absolute atomic E-state index is 9.50. The van der Waals surface area contributed by atoms with E-state index in [0.29, 0.717) is 24.7 Å². The molecule has 1 fully saturated rings. The molecule has 19 heavy (non-hydrogen) atoms. The predicted octanol–water partition coefficient (Wildman–Crippen LogP) is 1.14. The molecule has 3 heterocycles. The first-order chi connectivity index (χ1) is 9.11. The molecular formula is C13H16N4O2. The second-order valence-corrected chi connectivity index (χ2v) is 4.95. The Bertz CT molecular complexity index is 576. The molecule has 0 aromatic carbocycles. The third-order valence-corrected chi connectivity index (χ3v) is 3.19. The van der Waals surface area contributed by atoms with Crippen molar-refractivity contribution in [2.24, 2.45) is 0 Å².